The summed E-state index contributed by atoms with van der Waals surface area (Å²) in [5.74, 6) is 3.22. The fourth-order valence-electron chi connectivity index (χ4n) is 8.26. The summed E-state index contributed by atoms with van der Waals surface area (Å²) in [6, 6.07) is 31.3. The predicted molar refractivity (Wildman–Crippen MR) is 272 cm³/mol. The predicted octanol–water partition coefficient (Wildman–Crippen LogP) is 16.0. The highest BCUT2D eigenvalue weighted by atomic mass is 19.3. The minimum atomic E-state index is -1.74. The highest BCUT2D eigenvalue weighted by Gasteiger charge is 2.18. The van der Waals surface area contributed by atoms with Crippen LogP contribution in [0.4, 0.5) is 8.78 Å². The van der Waals surface area contributed by atoms with E-state index in [-0.39, 0.29) is 6.61 Å². The lowest BCUT2D eigenvalue weighted by atomic mass is 9.83. The molecular weight excluding hydrogens is 823 g/mol. The van der Waals surface area contributed by atoms with Gasteiger partial charge >= 0.3 is 0 Å². The Labute approximate surface area is 392 Å². The molecule has 0 unspecified atom stereocenters. The molecule has 4 nitrogen and oxygen atoms in total. The molecule has 0 aliphatic heterocycles. The number of fused-ring (bicyclic) bond motifs is 3. The molecule has 6 heteroatoms. The first-order chi connectivity index (χ1) is 31.9. The highest BCUT2D eigenvalue weighted by molar-refractivity contribution is 6.05. The van der Waals surface area contributed by atoms with Crippen molar-refractivity contribution in [1.82, 2.24) is 0 Å². The maximum absolute atomic E-state index is 11.9. The minimum Gasteiger partial charge on any atom is -0.493 e. The standard InChI is InChI=1S/C28H24.C18H26O2.C14H16F2O2/c1-17-11-25(23-9-5-19-3-7-21(19)15-23)28-14-18(2)12-26(27(28)13-17)24-10-6-20-4-8-22(20)16-24;1-5-7-9-11-19-17-13-16(4)18(14-15(17)3)20-12-10-8-6-2;1-4-6-17-12-8-11(3)13(9-10(12)2)18-7-5-14(15)16/h5-6,9-16H,3-4,7-8H2,1-2H3;5-6,13-14H,1-2,7-12H2,3-4H3;4-5,8-9H,1,6-7H2,2-3H3. The van der Waals surface area contributed by atoms with E-state index in [1.54, 1.807) is 12.1 Å². The second-order valence-electron chi connectivity index (χ2n) is 17.4. The summed E-state index contributed by atoms with van der Waals surface area (Å²) in [5, 5.41) is 2.75. The fraction of sp³-hybridized carbons (Fsp3) is 0.300. The Bertz CT molecular complexity index is 2560. The molecule has 0 aromatic heterocycles. The molecule has 0 radical (unpaired) electrons. The summed E-state index contributed by atoms with van der Waals surface area (Å²) in [6.07, 6.45) is 13.4. The molecule has 0 fully saturated rings. The molecule has 0 atom stereocenters. The van der Waals surface area contributed by atoms with E-state index in [1.807, 2.05) is 32.1 Å². The summed E-state index contributed by atoms with van der Waals surface area (Å²) in [5.41, 5.74) is 18.2. The van der Waals surface area contributed by atoms with Crippen LogP contribution in [-0.2, 0) is 25.7 Å². The molecule has 344 valence electrons. The van der Waals surface area contributed by atoms with E-state index in [1.165, 1.54) is 92.1 Å². The van der Waals surface area contributed by atoms with Crippen LogP contribution in [0.1, 0.15) is 81.3 Å². The molecule has 0 saturated heterocycles. The molecule has 2 aliphatic rings. The summed E-state index contributed by atoms with van der Waals surface area (Å²) in [4.78, 5) is 0. The summed E-state index contributed by atoms with van der Waals surface area (Å²) in [6.45, 7) is 25.0. The molecule has 0 amide bonds. The highest BCUT2D eigenvalue weighted by Crippen LogP contribution is 2.40. The van der Waals surface area contributed by atoms with Crippen LogP contribution in [0.2, 0.25) is 0 Å². The Balaban J connectivity index is 0.000000170. The van der Waals surface area contributed by atoms with Crippen molar-refractivity contribution in [2.45, 2.75) is 92.9 Å². The summed E-state index contributed by atoms with van der Waals surface area (Å²) >= 11 is 0. The van der Waals surface area contributed by atoms with Gasteiger partial charge in [-0.05, 0) is 206 Å². The van der Waals surface area contributed by atoms with Crippen LogP contribution in [0.3, 0.4) is 0 Å². The van der Waals surface area contributed by atoms with Gasteiger partial charge in [-0.25, -0.2) is 0 Å². The maximum atomic E-state index is 11.9. The zero-order valence-corrected chi connectivity index (χ0v) is 39.9. The largest absolute Gasteiger partial charge is 0.493 e. The van der Waals surface area contributed by atoms with Crippen molar-refractivity contribution < 1.29 is 27.7 Å². The van der Waals surface area contributed by atoms with E-state index in [0.717, 1.165) is 84.5 Å². The lowest BCUT2D eigenvalue weighted by Gasteiger charge is -2.22. The molecule has 0 heterocycles. The van der Waals surface area contributed by atoms with Gasteiger partial charge in [-0.2, -0.15) is 8.78 Å². The van der Waals surface area contributed by atoms with Gasteiger partial charge in [0.2, 0.25) is 0 Å². The number of rotatable bonds is 18. The van der Waals surface area contributed by atoms with Crippen LogP contribution in [0.15, 0.2) is 135 Å². The van der Waals surface area contributed by atoms with Crippen molar-refractivity contribution in [3.63, 3.8) is 0 Å². The van der Waals surface area contributed by atoms with Crippen LogP contribution in [-0.4, -0.2) is 26.4 Å². The third-order valence-corrected chi connectivity index (χ3v) is 12.1. The van der Waals surface area contributed by atoms with E-state index in [0.29, 0.717) is 12.4 Å². The number of ether oxygens (including phenoxy) is 4. The second-order valence-corrected chi connectivity index (χ2v) is 17.4. The Kier molecular flexibility index (Phi) is 17.6. The molecule has 6 aromatic rings. The van der Waals surface area contributed by atoms with Gasteiger partial charge in [0, 0.05) is 6.08 Å². The maximum Gasteiger partial charge on any atom is 0.269 e. The van der Waals surface area contributed by atoms with Gasteiger partial charge in [-0.15, -0.1) is 13.2 Å². The van der Waals surface area contributed by atoms with E-state index in [2.05, 4.69) is 120 Å². The molecule has 6 aromatic carbocycles. The van der Waals surface area contributed by atoms with Crippen molar-refractivity contribution in [1.29, 1.82) is 0 Å². The number of unbranched alkanes of at least 4 members (excludes halogenated alkanes) is 2. The average molecular weight is 889 g/mol. The van der Waals surface area contributed by atoms with Crippen molar-refractivity contribution in [3.05, 3.63) is 191 Å². The number of aryl methyl sites for hydroxylation is 10. The number of allylic oxidation sites excluding steroid dienone is 2. The van der Waals surface area contributed by atoms with Gasteiger partial charge in [0.05, 0.1) is 13.2 Å². The van der Waals surface area contributed by atoms with Crippen molar-refractivity contribution in [2.75, 3.05) is 26.4 Å². The third-order valence-electron chi connectivity index (χ3n) is 12.1. The zero-order valence-electron chi connectivity index (χ0n) is 39.9. The normalized spacial score (nSPS) is 11.8. The first-order valence-corrected chi connectivity index (χ1v) is 23.3. The SMILES string of the molecule is C=CCCCOc1cc(C)c(OCCCC=C)cc1C.C=CCOc1cc(C)c(OCC=C(F)F)cc1C.Cc1cc(-c2ccc3c(c2)CC3)c2cc(C)cc(-c3ccc4c(c3)CC4)c2c1. The zero-order chi connectivity index (χ0) is 47.2. The molecule has 0 saturated carbocycles. The van der Waals surface area contributed by atoms with Crippen LogP contribution in [0.25, 0.3) is 33.0 Å². The van der Waals surface area contributed by atoms with Crippen molar-refractivity contribution in [2.24, 2.45) is 0 Å². The summed E-state index contributed by atoms with van der Waals surface area (Å²) in [7, 11) is 0. The van der Waals surface area contributed by atoms with Crippen molar-refractivity contribution in [3.8, 4) is 45.3 Å². The number of hydrogen-bond acceptors (Lipinski definition) is 4. The molecule has 8 rings (SSSR count). The van der Waals surface area contributed by atoms with Crippen molar-refractivity contribution >= 4 is 10.8 Å². The molecule has 0 N–H and O–H groups in total. The van der Waals surface area contributed by atoms with Gasteiger partial charge in [0.25, 0.3) is 6.08 Å². The second kappa shape index (κ2) is 23.7. The number of halogens is 2. The third kappa shape index (κ3) is 12.9. The number of hydrogen-bond donors (Lipinski definition) is 0. The van der Waals surface area contributed by atoms with Gasteiger partial charge in [-0.1, -0.05) is 85.5 Å². The Morgan fingerprint density at radius 1 is 0.470 bits per heavy atom. The van der Waals surface area contributed by atoms with Gasteiger partial charge in [0.1, 0.15) is 36.2 Å². The quantitative estimate of drug-likeness (QED) is 0.0636. The number of benzene rings is 6. The first kappa shape index (κ1) is 49.0. The Morgan fingerprint density at radius 2 is 0.864 bits per heavy atom. The molecule has 2 aliphatic carbocycles. The average Bonchev–Trinajstić information content (AvgIpc) is 3.27. The smallest absolute Gasteiger partial charge is 0.269 e. The lowest BCUT2D eigenvalue weighted by Crippen LogP contribution is -2.07. The lowest BCUT2D eigenvalue weighted by molar-refractivity contribution is 0.300. The van der Waals surface area contributed by atoms with E-state index in [4.69, 9.17) is 18.9 Å². The van der Waals surface area contributed by atoms with E-state index < -0.39 is 6.08 Å². The first-order valence-electron chi connectivity index (χ1n) is 23.3. The molecular formula is C60H66F2O4. The van der Waals surface area contributed by atoms with Crippen LogP contribution in [0.5, 0.6) is 23.0 Å². The minimum absolute atomic E-state index is 0.143. The molecule has 0 bridgehead atoms. The monoisotopic (exact) mass is 888 g/mol. The fourth-order valence-corrected chi connectivity index (χ4v) is 8.26. The van der Waals surface area contributed by atoms with Crippen LogP contribution >= 0.6 is 0 Å². The topological polar surface area (TPSA) is 36.9 Å². The van der Waals surface area contributed by atoms with Gasteiger partial charge in [-0.3, -0.25) is 0 Å². The van der Waals surface area contributed by atoms with Crippen LogP contribution in [0, 0.1) is 41.5 Å². The molecule has 0 spiro atoms. The Morgan fingerprint density at radius 3 is 1.21 bits per heavy atom. The van der Waals surface area contributed by atoms with E-state index in [9.17, 15) is 8.78 Å². The van der Waals surface area contributed by atoms with Gasteiger partial charge in [0.15, 0.2) is 0 Å². The molecule has 66 heavy (non-hydrogen) atoms. The van der Waals surface area contributed by atoms with E-state index >= 15 is 0 Å². The Hall–Kier alpha value is -6.40. The van der Waals surface area contributed by atoms with Gasteiger partial charge < -0.3 is 18.9 Å². The summed E-state index contributed by atoms with van der Waals surface area (Å²) < 4.78 is 46.1. The van der Waals surface area contributed by atoms with Crippen LogP contribution < -0.4 is 18.9 Å².